The minimum absolute atomic E-state index is 0.125. The molecule has 5 heteroatoms. The van der Waals surface area contributed by atoms with Gasteiger partial charge in [-0.05, 0) is 44.7 Å². The Kier molecular flexibility index (Phi) is 4.15. The van der Waals surface area contributed by atoms with Crippen molar-refractivity contribution in [3.63, 3.8) is 0 Å². The fraction of sp³-hybridized carbons (Fsp3) is 0.667. The standard InChI is InChI=1S/C15H22ClN3O/c1-2-17-15-6-5-13(16)14(18-15)9-19-10-3-4-11(19)8-12(20)7-10/h5-6,10-12,20H,2-4,7-9H2,1H3,(H,17,18). The smallest absolute Gasteiger partial charge is 0.126 e. The van der Waals surface area contributed by atoms with Gasteiger partial charge in [-0.25, -0.2) is 4.98 Å². The number of aliphatic hydroxyl groups is 1. The van der Waals surface area contributed by atoms with E-state index < -0.39 is 0 Å². The van der Waals surface area contributed by atoms with Crippen LogP contribution in [0.2, 0.25) is 5.02 Å². The molecule has 2 unspecified atom stereocenters. The summed E-state index contributed by atoms with van der Waals surface area (Å²) in [5, 5.41) is 13.8. The highest BCUT2D eigenvalue weighted by atomic mass is 35.5. The molecule has 1 aromatic heterocycles. The maximum atomic E-state index is 9.86. The monoisotopic (exact) mass is 295 g/mol. The lowest BCUT2D eigenvalue weighted by atomic mass is 10.00. The van der Waals surface area contributed by atoms with E-state index in [1.54, 1.807) is 0 Å². The van der Waals surface area contributed by atoms with Crippen molar-refractivity contribution in [3.05, 3.63) is 22.8 Å². The van der Waals surface area contributed by atoms with Gasteiger partial charge in [0.15, 0.2) is 0 Å². The van der Waals surface area contributed by atoms with E-state index in [9.17, 15) is 5.11 Å². The van der Waals surface area contributed by atoms with Gasteiger partial charge in [0.2, 0.25) is 0 Å². The first-order valence-electron chi connectivity index (χ1n) is 7.50. The number of rotatable bonds is 4. The van der Waals surface area contributed by atoms with Crippen LogP contribution in [0.5, 0.6) is 0 Å². The van der Waals surface area contributed by atoms with Crippen LogP contribution in [-0.2, 0) is 6.54 Å². The van der Waals surface area contributed by atoms with Crippen molar-refractivity contribution >= 4 is 17.4 Å². The van der Waals surface area contributed by atoms with E-state index in [2.05, 4.69) is 22.1 Å². The molecule has 2 atom stereocenters. The number of nitrogens with zero attached hydrogens (tertiary/aromatic N) is 2. The highest BCUT2D eigenvalue weighted by Crippen LogP contribution is 2.37. The second-order valence-electron chi connectivity index (χ2n) is 5.84. The van der Waals surface area contributed by atoms with Crippen molar-refractivity contribution in [1.82, 2.24) is 9.88 Å². The number of halogens is 1. The second-order valence-corrected chi connectivity index (χ2v) is 6.25. The van der Waals surface area contributed by atoms with Gasteiger partial charge in [-0.2, -0.15) is 0 Å². The topological polar surface area (TPSA) is 48.4 Å². The summed E-state index contributed by atoms with van der Waals surface area (Å²) in [5.74, 6) is 0.885. The van der Waals surface area contributed by atoms with Crippen LogP contribution in [-0.4, -0.2) is 39.7 Å². The Morgan fingerprint density at radius 1 is 1.35 bits per heavy atom. The predicted octanol–water partition coefficient (Wildman–Crippen LogP) is 2.65. The van der Waals surface area contributed by atoms with Crippen LogP contribution in [0.25, 0.3) is 0 Å². The lowest BCUT2D eigenvalue weighted by Gasteiger charge is -2.37. The second kappa shape index (κ2) is 5.88. The number of piperidine rings is 1. The number of hydrogen-bond acceptors (Lipinski definition) is 4. The van der Waals surface area contributed by atoms with Gasteiger partial charge in [-0.15, -0.1) is 0 Å². The van der Waals surface area contributed by atoms with Gasteiger partial charge in [0.05, 0.1) is 16.8 Å². The largest absolute Gasteiger partial charge is 0.393 e. The molecule has 0 aliphatic carbocycles. The predicted molar refractivity (Wildman–Crippen MR) is 81.0 cm³/mol. The molecule has 0 saturated carbocycles. The van der Waals surface area contributed by atoms with Crippen LogP contribution in [0.4, 0.5) is 5.82 Å². The van der Waals surface area contributed by atoms with E-state index in [1.807, 2.05) is 12.1 Å². The molecule has 2 saturated heterocycles. The molecule has 2 bridgehead atoms. The van der Waals surface area contributed by atoms with Crippen molar-refractivity contribution in [2.45, 2.75) is 57.3 Å². The van der Waals surface area contributed by atoms with Crippen molar-refractivity contribution in [3.8, 4) is 0 Å². The molecular formula is C15H22ClN3O. The molecule has 3 rings (SSSR count). The lowest BCUT2D eigenvalue weighted by Crippen LogP contribution is -2.44. The summed E-state index contributed by atoms with van der Waals surface area (Å²) in [5.41, 5.74) is 0.943. The fourth-order valence-corrected chi connectivity index (χ4v) is 3.72. The van der Waals surface area contributed by atoms with Crippen LogP contribution >= 0.6 is 11.6 Å². The zero-order valence-electron chi connectivity index (χ0n) is 11.8. The number of aliphatic hydroxyl groups excluding tert-OH is 1. The zero-order valence-corrected chi connectivity index (χ0v) is 12.6. The average molecular weight is 296 g/mol. The molecule has 0 spiro atoms. The van der Waals surface area contributed by atoms with Gasteiger partial charge in [-0.3, -0.25) is 4.90 Å². The summed E-state index contributed by atoms with van der Waals surface area (Å²) in [7, 11) is 0. The maximum Gasteiger partial charge on any atom is 0.126 e. The summed E-state index contributed by atoms with van der Waals surface area (Å²) in [6.07, 6.45) is 4.03. The van der Waals surface area contributed by atoms with Crippen LogP contribution in [0.15, 0.2) is 12.1 Å². The molecule has 2 N–H and O–H groups in total. The van der Waals surface area contributed by atoms with Crippen LogP contribution in [0.1, 0.15) is 38.3 Å². The quantitative estimate of drug-likeness (QED) is 0.896. The van der Waals surface area contributed by atoms with Gasteiger partial charge in [0.1, 0.15) is 5.82 Å². The summed E-state index contributed by atoms with van der Waals surface area (Å²) in [6, 6.07) is 4.82. The third-order valence-electron chi connectivity index (χ3n) is 4.47. The molecular weight excluding hydrogens is 274 g/mol. The van der Waals surface area contributed by atoms with Gasteiger partial charge >= 0.3 is 0 Å². The molecule has 0 amide bonds. The Hall–Kier alpha value is -0.840. The summed E-state index contributed by atoms with van der Waals surface area (Å²) in [6.45, 7) is 3.71. The average Bonchev–Trinajstić information content (AvgIpc) is 2.66. The van der Waals surface area contributed by atoms with Crippen LogP contribution in [0, 0.1) is 0 Å². The first kappa shape index (κ1) is 14.1. The molecule has 0 aromatic carbocycles. The third kappa shape index (κ3) is 2.78. The molecule has 2 aliphatic heterocycles. The van der Waals surface area contributed by atoms with E-state index in [-0.39, 0.29) is 6.10 Å². The van der Waals surface area contributed by atoms with Crippen LogP contribution in [0.3, 0.4) is 0 Å². The molecule has 2 aliphatic rings. The summed E-state index contributed by atoms with van der Waals surface area (Å²) >= 11 is 6.29. The van der Waals surface area contributed by atoms with Gasteiger partial charge in [-0.1, -0.05) is 11.6 Å². The summed E-state index contributed by atoms with van der Waals surface area (Å²) in [4.78, 5) is 7.11. The normalized spacial score (nSPS) is 29.6. The minimum Gasteiger partial charge on any atom is -0.393 e. The van der Waals surface area contributed by atoms with Gasteiger partial charge in [0.25, 0.3) is 0 Å². The molecule has 110 valence electrons. The summed E-state index contributed by atoms with van der Waals surface area (Å²) < 4.78 is 0. The van der Waals surface area contributed by atoms with E-state index in [1.165, 1.54) is 12.8 Å². The van der Waals surface area contributed by atoms with E-state index in [4.69, 9.17) is 11.6 Å². The molecule has 2 fully saturated rings. The Bertz CT molecular complexity index is 468. The molecule has 3 heterocycles. The molecule has 4 nitrogen and oxygen atoms in total. The highest BCUT2D eigenvalue weighted by Gasteiger charge is 2.40. The van der Waals surface area contributed by atoms with E-state index in [0.29, 0.717) is 12.1 Å². The number of aromatic nitrogens is 1. The Morgan fingerprint density at radius 3 is 2.70 bits per heavy atom. The Balaban J connectivity index is 1.76. The fourth-order valence-electron chi connectivity index (χ4n) is 3.55. The van der Waals surface area contributed by atoms with Crippen molar-refractivity contribution in [2.75, 3.05) is 11.9 Å². The number of pyridine rings is 1. The number of nitrogens with one attached hydrogen (secondary N) is 1. The number of fused-ring (bicyclic) bond motifs is 2. The lowest BCUT2D eigenvalue weighted by molar-refractivity contribution is 0.0304. The molecule has 1 aromatic rings. The number of anilines is 1. The minimum atomic E-state index is -0.125. The highest BCUT2D eigenvalue weighted by molar-refractivity contribution is 6.31. The Morgan fingerprint density at radius 2 is 2.05 bits per heavy atom. The van der Waals surface area contributed by atoms with Crippen LogP contribution < -0.4 is 5.32 Å². The zero-order chi connectivity index (χ0) is 14.1. The van der Waals surface area contributed by atoms with Crippen molar-refractivity contribution < 1.29 is 5.11 Å². The molecule has 20 heavy (non-hydrogen) atoms. The molecule has 0 radical (unpaired) electrons. The van der Waals surface area contributed by atoms with Gasteiger partial charge < -0.3 is 10.4 Å². The van der Waals surface area contributed by atoms with Crippen molar-refractivity contribution in [1.29, 1.82) is 0 Å². The van der Waals surface area contributed by atoms with E-state index >= 15 is 0 Å². The van der Waals surface area contributed by atoms with Gasteiger partial charge in [0, 0.05) is 25.2 Å². The third-order valence-corrected chi connectivity index (χ3v) is 4.81. The van der Waals surface area contributed by atoms with E-state index in [0.717, 1.165) is 42.5 Å². The Labute approximate surface area is 125 Å². The number of hydrogen-bond donors (Lipinski definition) is 2. The maximum absolute atomic E-state index is 9.86. The first-order chi connectivity index (χ1) is 9.67. The van der Waals surface area contributed by atoms with Crippen molar-refractivity contribution in [2.24, 2.45) is 0 Å². The SMILES string of the molecule is CCNc1ccc(Cl)c(CN2C3CCC2CC(O)C3)n1. The first-order valence-corrected chi connectivity index (χ1v) is 7.88.